The first-order valence-electron chi connectivity index (χ1n) is 20.6. The summed E-state index contributed by atoms with van der Waals surface area (Å²) in [5.74, 6) is 0.860. The maximum atomic E-state index is 4.87. The monoisotopic (exact) mass is 751 g/mol. The van der Waals surface area contributed by atoms with Crippen molar-refractivity contribution in [1.29, 1.82) is 0 Å². The zero-order valence-corrected chi connectivity index (χ0v) is 32.7. The fraction of sp³-hybridized carbons (Fsp3) is 0.0714. The number of hydrogen-bond donors (Lipinski definition) is 0. The Morgan fingerprint density at radius 2 is 0.915 bits per heavy atom. The van der Waals surface area contributed by atoms with Crippen LogP contribution < -0.4 is 0 Å². The molecule has 0 bridgehead atoms. The zero-order chi connectivity index (χ0) is 39.0. The Hall–Kier alpha value is -7.36. The first-order valence-corrected chi connectivity index (χ1v) is 20.6. The molecule has 3 aliphatic carbocycles. The van der Waals surface area contributed by atoms with Crippen molar-refractivity contribution in [3.8, 4) is 61.5 Å². The molecule has 3 heterocycles. The molecule has 59 heavy (non-hydrogen) atoms. The molecular weight excluding hydrogens is 715 g/mol. The average Bonchev–Trinajstić information content (AvgIpc) is 3.83. The van der Waals surface area contributed by atoms with Crippen LogP contribution in [0.3, 0.4) is 0 Å². The van der Waals surface area contributed by atoms with Crippen LogP contribution in [0.25, 0.3) is 83.4 Å². The molecule has 0 radical (unpaired) electrons. The Balaban J connectivity index is 1.14. The van der Waals surface area contributed by atoms with Gasteiger partial charge in [-0.05, 0) is 144 Å². The molecule has 10 aromatic rings. The van der Waals surface area contributed by atoms with Crippen molar-refractivity contribution in [2.75, 3.05) is 0 Å². The SMILES string of the molecule is CC1(C)c2ccccc2-c2cc3c(cc21)-c1ccccc1C31c2ccccc2-c2ccccc2-c2ccc(-c3ccc4c(c3)c3cccnc3n4-c3ccccn3)cc21. The first-order chi connectivity index (χ1) is 29.0. The maximum Gasteiger partial charge on any atom is 0.146 e. The van der Waals surface area contributed by atoms with Crippen molar-refractivity contribution in [2.24, 2.45) is 0 Å². The molecule has 276 valence electrons. The summed E-state index contributed by atoms with van der Waals surface area (Å²) in [6, 6.07) is 65.9. The number of pyridine rings is 2. The van der Waals surface area contributed by atoms with Crippen LogP contribution in [0, 0.1) is 0 Å². The molecule has 7 aromatic carbocycles. The Morgan fingerprint density at radius 3 is 1.64 bits per heavy atom. The number of benzene rings is 7. The van der Waals surface area contributed by atoms with E-state index in [0.717, 1.165) is 27.8 Å². The minimum atomic E-state index is -0.591. The third-order valence-electron chi connectivity index (χ3n) is 13.7. The molecule has 0 amide bonds. The summed E-state index contributed by atoms with van der Waals surface area (Å²) in [7, 11) is 0. The third kappa shape index (κ3) is 4.16. The molecule has 0 aliphatic heterocycles. The lowest BCUT2D eigenvalue weighted by atomic mass is 9.65. The Bertz CT molecular complexity index is 3420. The standard InChI is InChI=1S/C56H37N3/c1-55(2)46-20-8-5-17-39(46)43-33-51-44(32-49(43)55)40-18-7-10-22-48(40)56(51)47-21-9-6-16-38(47)36-14-3-4-15-37(36)41-26-24-35(31-50(41)56)34-25-27-52-45(30-34)42-19-13-29-58-54(42)59(52)53-23-11-12-28-57-53/h3-33H,1-2H3. The summed E-state index contributed by atoms with van der Waals surface area (Å²) < 4.78 is 2.18. The molecule has 13 rings (SSSR count). The van der Waals surface area contributed by atoms with E-state index in [9.17, 15) is 0 Å². The van der Waals surface area contributed by atoms with Crippen molar-refractivity contribution in [1.82, 2.24) is 14.5 Å². The molecule has 3 aromatic heterocycles. The number of fused-ring (bicyclic) bond motifs is 18. The highest BCUT2D eigenvalue weighted by atomic mass is 15.1. The van der Waals surface area contributed by atoms with Crippen LogP contribution >= 0.6 is 0 Å². The van der Waals surface area contributed by atoms with Crippen molar-refractivity contribution in [2.45, 2.75) is 24.7 Å². The van der Waals surface area contributed by atoms with E-state index in [-0.39, 0.29) is 5.41 Å². The molecule has 0 saturated heterocycles. The van der Waals surface area contributed by atoms with Crippen LogP contribution in [-0.4, -0.2) is 14.5 Å². The van der Waals surface area contributed by atoms with Gasteiger partial charge in [0.15, 0.2) is 0 Å². The van der Waals surface area contributed by atoms with Gasteiger partial charge in [0, 0.05) is 28.6 Å². The van der Waals surface area contributed by atoms with Gasteiger partial charge in [0.05, 0.1) is 10.9 Å². The molecule has 0 saturated carbocycles. The summed E-state index contributed by atoms with van der Waals surface area (Å²) in [5.41, 5.74) is 22.2. The van der Waals surface area contributed by atoms with Gasteiger partial charge in [-0.3, -0.25) is 4.57 Å². The molecule has 0 N–H and O–H groups in total. The van der Waals surface area contributed by atoms with E-state index in [1.165, 1.54) is 89.0 Å². The van der Waals surface area contributed by atoms with Crippen LogP contribution in [0.5, 0.6) is 0 Å². The predicted octanol–water partition coefficient (Wildman–Crippen LogP) is 13.6. The summed E-state index contributed by atoms with van der Waals surface area (Å²) in [4.78, 5) is 9.61. The van der Waals surface area contributed by atoms with Crippen molar-refractivity contribution >= 4 is 21.9 Å². The number of aromatic nitrogens is 3. The van der Waals surface area contributed by atoms with E-state index in [1.807, 2.05) is 30.6 Å². The van der Waals surface area contributed by atoms with E-state index in [1.54, 1.807) is 0 Å². The summed E-state index contributed by atoms with van der Waals surface area (Å²) >= 11 is 0. The summed E-state index contributed by atoms with van der Waals surface area (Å²) in [6.07, 6.45) is 3.72. The second-order valence-electron chi connectivity index (χ2n) is 16.9. The average molecular weight is 752 g/mol. The van der Waals surface area contributed by atoms with E-state index >= 15 is 0 Å². The van der Waals surface area contributed by atoms with Crippen LogP contribution in [-0.2, 0) is 10.8 Å². The lowest BCUT2D eigenvalue weighted by Gasteiger charge is -2.36. The molecule has 3 nitrogen and oxygen atoms in total. The van der Waals surface area contributed by atoms with Crippen LogP contribution in [0.2, 0.25) is 0 Å². The molecule has 1 spiro atoms. The van der Waals surface area contributed by atoms with Crippen molar-refractivity contribution in [3.63, 3.8) is 0 Å². The fourth-order valence-electron chi connectivity index (χ4n) is 11.2. The maximum absolute atomic E-state index is 4.87. The van der Waals surface area contributed by atoms with Crippen LogP contribution in [0.15, 0.2) is 188 Å². The molecule has 3 aliphatic rings. The first kappa shape index (κ1) is 32.7. The smallest absolute Gasteiger partial charge is 0.146 e. The van der Waals surface area contributed by atoms with Gasteiger partial charge >= 0.3 is 0 Å². The number of rotatable bonds is 2. The second-order valence-corrected chi connectivity index (χ2v) is 16.9. The molecule has 3 heteroatoms. The molecule has 1 atom stereocenters. The van der Waals surface area contributed by atoms with Gasteiger partial charge in [-0.15, -0.1) is 0 Å². The number of nitrogens with zero attached hydrogens (tertiary/aromatic N) is 3. The van der Waals surface area contributed by atoms with E-state index in [4.69, 9.17) is 9.97 Å². The van der Waals surface area contributed by atoms with Crippen LogP contribution in [0.1, 0.15) is 47.2 Å². The Labute approximate surface area is 342 Å². The van der Waals surface area contributed by atoms with Gasteiger partial charge in [-0.2, -0.15) is 0 Å². The lowest BCUT2D eigenvalue weighted by Crippen LogP contribution is -2.29. The highest BCUT2D eigenvalue weighted by Crippen LogP contribution is 2.64. The van der Waals surface area contributed by atoms with Gasteiger partial charge in [0.25, 0.3) is 0 Å². The van der Waals surface area contributed by atoms with E-state index in [2.05, 4.69) is 176 Å². The quantitative estimate of drug-likeness (QED) is 0.176. The van der Waals surface area contributed by atoms with Crippen molar-refractivity contribution < 1.29 is 0 Å². The molecule has 0 fully saturated rings. The van der Waals surface area contributed by atoms with E-state index in [0.29, 0.717) is 0 Å². The fourth-order valence-corrected chi connectivity index (χ4v) is 11.2. The van der Waals surface area contributed by atoms with Gasteiger partial charge in [0.2, 0.25) is 0 Å². The highest BCUT2D eigenvalue weighted by molar-refractivity contribution is 6.09. The van der Waals surface area contributed by atoms with Gasteiger partial charge in [-0.25, -0.2) is 9.97 Å². The lowest BCUT2D eigenvalue weighted by molar-refractivity contribution is 0.660. The topological polar surface area (TPSA) is 30.7 Å². The van der Waals surface area contributed by atoms with Crippen molar-refractivity contribution in [3.05, 3.63) is 222 Å². The highest BCUT2D eigenvalue weighted by Gasteiger charge is 2.51. The molecular formula is C56H37N3. The minimum Gasteiger partial charge on any atom is -0.278 e. The largest absolute Gasteiger partial charge is 0.278 e. The summed E-state index contributed by atoms with van der Waals surface area (Å²) in [6.45, 7) is 4.78. The molecule has 1 unspecified atom stereocenters. The van der Waals surface area contributed by atoms with Gasteiger partial charge in [-0.1, -0.05) is 135 Å². The normalized spacial score (nSPS) is 16.2. The second kappa shape index (κ2) is 11.6. The Kier molecular flexibility index (Phi) is 6.44. The Morgan fingerprint density at radius 1 is 0.373 bits per heavy atom. The zero-order valence-electron chi connectivity index (χ0n) is 32.7. The van der Waals surface area contributed by atoms with Gasteiger partial charge in [0.1, 0.15) is 11.5 Å². The third-order valence-corrected chi connectivity index (χ3v) is 13.7. The summed E-state index contributed by atoms with van der Waals surface area (Å²) in [5, 5.41) is 2.27. The van der Waals surface area contributed by atoms with Gasteiger partial charge < -0.3 is 0 Å². The van der Waals surface area contributed by atoms with E-state index < -0.39 is 5.41 Å². The van der Waals surface area contributed by atoms with Crippen LogP contribution in [0.4, 0.5) is 0 Å². The predicted molar refractivity (Wildman–Crippen MR) is 241 cm³/mol. The minimum absolute atomic E-state index is 0.109. The number of hydrogen-bond acceptors (Lipinski definition) is 2.